The van der Waals surface area contributed by atoms with E-state index in [4.69, 9.17) is 14.3 Å². The Labute approximate surface area is 137 Å². The normalized spacial score (nSPS) is 11.5. The molecule has 0 aliphatic heterocycles. The number of benzene rings is 1. The molecule has 6 heteroatoms. The molecule has 0 fully saturated rings. The van der Waals surface area contributed by atoms with E-state index in [9.17, 15) is 4.79 Å². The molecule has 0 saturated carbocycles. The molecule has 0 radical (unpaired) electrons. The highest BCUT2D eigenvalue weighted by molar-refractivity contribution is 5.98. The van der Waals surface area contributed by atoms with Crippen molar-refractivity contribution in [1.82, 2.24) is 5.32 Å². The molecule has 1 N–H and O–H groups in total. The quantitative estimate of drug-likeness (QED) is 0.198. The Hall–Kier alpha value is -1.76. The number of Topliss-reactive ketones (excluding diaryl/α,β-unsaturated/α-hetero) is 1. The van der Waals surface area contributed by atoms with Crippen LogP contribution in [0.3, 0.4) is 0 Å². The van der Waals surface area contributed by atoms with Gasteiger partial charge < -0.3 is 14.3 Å². The van der Waals surface area contributed by atoms with Crippen LogP contribution in [0.5, 0.6) is 0 Å². The maximum atomic E-state index is 11.9. The zero-order valence-electron chi connectivity index (χ0n) is 13.9. The molecule has 0 bridgehead atoms. The van der Waals surface area contributed by atoms with Crippen LogP contribution in [-0.4, -0.2) is 51.7 Å². The summed E-state index contributed by atoms with van der Waals surface area (Å²) in [6, 6.07) is 9.28. The molecule has 1 aromatic carbocycles. The van der Waals surface area contributed by atoms with Crippen molar-refractivity contribution in [2.24, 2.45) is 5.16 Å². The van der Waals surface area contributed by atoms with Crippen molar-refractivity contribution in [3.63, 3.8) is 0 Å². The van der Waals surface area contributed by atoms with E-state index in [0.29, 0.717) is 45.9 Å². The molecule has 0 amide bonds. The molecule has 0 heterocycles. The maximum Gasteiger partial charge on any atom is 0.163 e. The Morgan fingerprint density at radius 1 is 1.13 bits per heavy atom. The number of ketones is 1. The molecule has 1 rings (SSSR count). The van der Waals surface area contributed by atoms with E-state index in [1.807, 2.05) is 37.3 Å². The Kier molecular flexibility index (Phi) is 10.7. The van der Waals surface area contributed by atoms with Crippen molar-refractivity contribution in [2.75, 3.05) is 40.2 Å². The Morgan fingerprint density at radius 2 is 1.91 bits per heavy atom. The lowest BCUT2D eigenvalue weighted by molar-refractivity contribution is 0.0558. The van der Waals surface area contributed by atoms with E-state index in [0.717, 1.165) is 11.3 Å². The summed E-state index contributed by atoms with van der Waals surface area (Å²) in [4.78, 5) is 17.1. The largest absolute Gasteiger partial charge is 0.395 e. The molecule has 128 valence electrons. The molecule has 0 aliphatic carbocycles. The van der Waals surface area contributed by atoms with Gasteiger partial charge in [-0.1, -0.05) is 35.5 Å². The van der Waals surface area contributed by atoms with Gasteiger partial charge in [0, 0.05) is 25.6 Å². The minimum atomic E-state index is 0.120. The molecule has 0 atom stereocenters. The van der Waals surface area contributed by atoms with Crippen LogP contribution in [0.25, 0.3) is 0 Å². The van der Waals surface area contributed by atoms with Gasteiger partial charge in [0.15, 0.2) is 5.78 Å². The first-order chi connectivity index (χ1) is 11.2. The summed E-state index contributed by atoms with van der Waals surface area (Å²) in [5.41, 5.74) is 1.55. The predicted molar refractivity (Wildman–Crippen MR) is 89.8 cm³/mol. The molecular formula is C17H26N2O4. The van der Waals surface area contributed by atoms with E-state index in [1.54, 1.807) is 7.11 Å². The lowest BCUT2D eigenvalue weighted by Crippen LogP contribution is -2.23. The Morgan fingerprint density at radius 3 is 2.65 bits per heavy atom. The molecule has 23 heavy (non-hydrogen) atoms. The lowest BCUT2D eigenvalue weighted by atomic mass is 10.1. The standard InChI is InChI=1S/C17H26N2O4/c1-15(8-9-17(20)16-6-4-3-5-7-16)19-23-11-10-18-14-22-13-12-21-2/h3-7,18H,8-14H2,1-2H3/b19-15+. The molecule has 0 aromatic heterocycles. The topological polar surface area (TPSA) is 69.2 Å². The number of carbonyl (C=O) groups excluding carboxylic acids is 1. The van der Waals surface area contributed by atoms with Gasteiger partial charge in [0.1, 0.15) is 6.61 Å². The number of methoxy groups -OCH3 is 1. The molecule has 6 nitrogen and oxygen atoms in total. The summed E-state index contributed by atoms with van der Waals surface area (Å²) in [5.74, 6) is 0.120. The number of carbonyl (C=O) groups is 1. The third kappa shape index (κ3) is 9.78. The zero-order valence-corrected chi connectivity index (χ0v) is 13.9. The van der Waals surface area contributed by atoms with Crippen LogP contribution < -0.4 is 5.32 Å². The number of nitrogens with one attached hydrogen (secondary N) is 1. The van der Waals surface area contributed by atoms with Gasteiger partial charge in [-0.3, -0.25) is 10.1 Å². The van der Waals surface area contributed by atoms with Crippen molar-refractivity contribution >= 4 is 11.5 Å². The fraction of sp³-hybridized carbons (Fsp3) is 0.529. The number of oxime groups is 1. The number of hydrogen-bond donors (Lipinski definition) is 1. The van der Waals surface area contributed by atoms with E-state index in [2.05, 4.69) is 10.5 Å². The second-order valence-corrected chi connectivity index (χ2v) is 4.99. The highest BCUT2D eigenvalue weighted by Gasteiger charge is 2.05. The van der Waals surface area contributed by atoms with Gasteiger partial charge in [0.25, 0.3) is 0 Å². The summed E-state index contributed by atoms with van der Waals surface area (Å²) in [7, 11) is 1.64. The highest BCUT2D eigenvalue weighted by Crippen LogP contribution is 2.05. The van der Waals surface area contributed by atoms with Crippen LogP contribution in [-0.2, 0) is 14.3 Å². The van der Waals surface area contributed by atoms with Crippen molar-refractivity contribution in [3.05, 3.63) is 35.9 Å². The fourth-order valence-electron chi connectivity index (χ4n) is 1.74. The molecule has 0 aliphatic rings. The first kappa shape index (κ1) is 19.3. The smallest absolute Gasteiger partial charge is 0.163 e. The van der Waals surface area contributed by atoms with Crippen molar-refractivity contribution in [1.29, 1.82) is 0 Å². The van der Waals surface area contributed by atoms with Crippen LogP contribution in [0.1, 0.15) is 30.1 Å². The van der Waals surface area contributed by atoms with Crippen molar-refractivity contribution in [3.8, 4) is 0 Å². The van der Waals surface area contributed by atoms with Gasteiger partial charge in [-0.25, -0.2) is 0 Å². The van der Waals surface area contributed by atoms with E-state index >= 15 is 0 Å². The SMILES string of the molecule is COCCOCNCCO/N=C(\C)CCC(=O)c1ccccc1. The van der Waals surface area contributed by atoms with E-state index in [-0.39, 0.29) is 5.78 Å². The van der Waals surface area contributed by atoms with Crippen molar-refractivity contribution in [2.45, 2.75) is 19.8 Å². The average Bonchev–Trinajstić information content (AvgIpc) is 2.59. The van der Waals surface area contributed by atoms with Crippen LogP contribution >= 0.6 is 0 Å². The second kappa shape index (κ2) is 12.8. The molecular weight excluding hydrogens is 296 g/mol. The summed E-state index contributed by atoms with van der Waals surface area (Å²) in [6.07, 6.45) is 1.04. The van der Waals surface area contributed by atoms with Crippen LogP contribution in [0.4, 0.5) is 0 Å². The van der Waals surface area contributed by atoms with Gasteiger partial charge >= 0.3 is 0 Å². The fourth-order valence-corrected chi connectivity index (χ4v) is 1.74. The first-order valence-corrected chi connectivity index (χ1v) is 7.75. The van der Waals surface area contributed by atoms with Gasteiger partial charge in [0.05, 0.1) is 25.7 Å². The van der Waals surface area contributed by atoms with Gasteiger partial charge in [0.2, 0.25) is 0 Å². The van der Waals surface area contributed by atoms with Crippen LogP contribution in [0.15, 0.2) is 35.5 Å². The van der Waals surface area contributed by atoms with E-state index in [1.165, 1.54) is 0 Å². The second-order valence-electron chi connectivity index (χ2n) is 4.99. The molecule has 1 aromatic rings. The summed E-state index contributed by atoms with van der Waals surface area (Å²) in [6.45, 7) is 4.57. The van der Waals surface area contributed by atoms with Crippen LogP contribution in [0, 0.1) is 0 Å². The minimum absolute atomic E-state index is 0.120. The maximum absolute atomic E-state index is 11.9. The zero-order chi connectivity index (χ0) is 16.8. The number of rotatable bonds is 13. The monoisotopic (exact) mass is 322 g/mol. The summed E-state index contributed by atoms with van der Waals surface area (Å²) < 4.78 is 10.1. The number of hydrogen-bond acceptors (Lipinski definition) is 6. The summed E-state index contributed by atoms with van der Waals surface area (Å²) >= 11 is 0. The number of nitrogens with zero attached hydrogens (tertiary/aromatic N) is 1. The number of ether oxygens (including phenoxy) is 2. The van der Waals surface area contributed by atoms with Crippen LogP contribution in [0.2, 0.25) is 0 Å². The Balaban J connectivity index is 2.05. The minimum Gasteiger partial charge on any atom is -0.395 e. The summed E-state index contributed by atoms with van der Waals surface area (Å²) in [5, 5.41) is 7.06. The lowest BCUT2D eigenvalue weighted by Gasteiger charge is -2.06. The molecule has 0 spiro atoms. The first-order valence-electron chi connectivity index (χ1n) is 7.75. The van der Waals surface area contributed by atoms with Gasteiger partial charge in [-0.05, 0) is 13.3 Å². The molecule has 0 unspecified atom stereocenters. The van der Waals surface area contributed by atoms with Gasteiger partial charge in [-0.15, -0.1) is 0 Å². The Bertz CT molecular complexity index is 463. The van der Waals surface area contributed by atoms with Gasteiger partial charge in [-0.2, -0.15) is 0 Å². The third-order valence-corrected chi connectivity index (χ3v) is 3.04. The third-order valence-electron chi connectivity index (χ3n) is 3.04. The average molecular weight is 322 g/mol. The molecule has 0 saturated heterocycles. The van der Waals surface area contributed by atoms with E-state index < -0.39 is 0 Å². The van der Waals surface area contributed by atoms with Crippen molar-refractivity contribution < 1.29 is 19.1 Å². The highest BCUT2D eigenvalue weighted by atomic mass is 16.6. The predicted octanol–water partition coefficient (Wildman–Crippen LogP) is 2.25.